The average molecular weight is 390 g/mol. The lowest BCUT2D eigenvalue weighted by molar-refractivity contribution is -0.152. The first-order chi connectivity index (χ1) is 13.0. The highest BCUT2D eigenvalue weighted by Gasteiger charge is 2.38. The molecule has 0 radical (unpaired) electrons. The van der Waals surface area contributed by atoms with Crippen LogP contribution < -0.4 is 5.32 Å². The summed E-state index contributed by atoms with van der Waals surface area (Å²) in [6, 6.07) is 5.71. The summed E-state index contributed by atoms with van der Waals surface area (Å²) < 4.78 is 5.28. The second-order valence-electron chi connectivity index (χ2n) is 8.62. The molecule has 2 rings (SSSR count). The molecule has 7 nitrogen and oxygen atoms in total. The number of rotatable bonds is 5. The monoisotopic (exact) mass is 390 g/mol. The molecule has 0 aromatic heterocycles. The molecule has 0 saturated heterocycles. The predicted octanol–water partition coefficient (Wildman–Crippen LogP) is 2.96. The third-order valence-corrected chi connectivity index (χ3v) is 4.51. The van der Waals surface area contributed by atoms with Crippen molar-refractivity contribution in [2.24, 2.45) is 5.92 Å². The van der Waals surface area contributed by atoms with E-state index < -0.39 is 35.7 Å². The molecular formula is C21H30N2O5. The number of nitrogens with one attached hydrogen (secondary N) is 1. The quantitative estimate of drug-likeness (QED) is 0.806. The number of amides is 2. The van der Waals surface area contributed by atoms with E-state index in [-0.39, 0.29) is 18.9 Å². The molecule has 0 spiro atoms. The van der Waals surface area contributed by atoms with Gasteiger partial charge in [0.05, 0.1) is 0 Å². The SMILES string of the molecule is CC(C)C[C@H](NC(=O)OC(C)(C)C)C(=O)N1Cc2ccccc2C[C@H]1C(=O)O. The summed E-state index contributed by atoms with van der Waals surface area (Å²) in [5.41, 5.74) is 1.16. The standard InChI is InChI=1S/C21H30N2O5/c1-13(2)10-16(22-20(27)28-21(3,4)5)18(24)23-12-15-9-7-6-8-14(15)11-17(23)19(25)26/h6-9,13,16-17H,10-12H2,1-5H3,(H,22,27)(H,25,26)/t16-,17-/m0/s1. The second-order valence-corrected chi connectivity index (χ2v) is 8.62. The fourth-order valence-electron chi connectivity index (χ4n) is 3.32. The van der Waals surface area contributed by atoms with Gasteiger partial charge in [-0.1, -0.05) is 38.1 Å². The highest BCUT2D eigenvalue weighted by atomic mass is 16.6. The first-order valence-corrected chi connectivity index (χ1v) is 9.57. The minimum absolute atomic E-state index is 0.129. The summed E-state index contributed by atoms with van der Waals surface area (Å²) in [7, 11) is 0. The smallest absolute Gasteiger partial charge is 0.408 e. The maximum Gasteiger partial charge on any atom is 0.408 e. The van der Waals surface area contributed by atoms with E-state index >= 15 is 0 Å². The zero-order valence-electron chi connectivity index (χ0n) is 17.2. The largest absolute Gasteiger partial charge is 0.480 e. The van der Waals surface area contributed by atoms with Crippen molar-refractivity contribution >= 4 is 18.0 Å². The van der Waals surface area contributed by atoms with Crippen LogP contribution in [0.2, 0.25) is 0 Å². The topological polar surface area (TPSA) is 95.9 Å². The molecular weight excluding hydrogens is 360 g/mol. The molecule has 28 heavy (non-hydrogen) atoms. The number of carbonyl (C=O) groups is 3. The number of hydrogen-bond acceptors (Lipinski definition) is 4. The summed E-state index contributed by atoms with van der Waals surface area (Å²) in [6.45, 7) is 9.32. The predicted molar refractivity (Wildman–Crippen MR) is 105 cm³/mol. The van der Waals surface area contributed by atoms with Crippen LogP contribution in [0.25, 0.3) is 0 Å². The molecule has 0 fully saturated rings. The molecule has 1 aromatic carbocycles. The van der Waals surface area contributed by atoms with Crippen LogP contribution in [0.5, 0.6) is 0 Å². The van der Waals surface area contributed by atoms with Crippen LogP contribution in [0, 0.1) is 5.92 Å². The van der Waals surface area contributed by atoms with E-state index in [1.807, 2.05) is 38.1 Å². The van der Waals surface area contributed by atoms with Crippen LogP contribution in [0.1, 0.15) is 52.2 Å². The van der Waals surface area contributed by atoms with Gasteiger partial charge in [-0.15, -0.1) is 0 Å². The maximum absolute atomic E-state index is 13.3. The summed E-state index contributed by atoms with van der Waals surface area (Å²) in [5.74, 6) is -1.32. The van der Waals surface area contributed by atoms with Gasteiger partial charge in [-0.25, -0.2) is 9.59 Å². The highest BCUT2D eigenvalue weighted by Crippen LogP contribution is 2.25. The molecule has 0 saturated carbocycles. The molecule has 2 atom stereocenters. The third-order valence-electron chi connectivity index (χ3n) is 4.51. The van der Waals surface area contributed by atoms with Gasteiger partial charge in [-0.2, -0.15) is 0 Å². The molecule has 0 aliphatic carbocycles. The molecule has 1 aromatic rings. The minimum atomic E-state index is -1.05. The summed E-state index contributed by atoms with van der Waals surface area (Å²) in [6.07, 6.45) is -0.0449. The van der Waals surface area contributed by atoms with Crippen molar-refractivity contribution in [3.05, 3.63) is 35.4 Å². The molecule has 1 heterocycles. The summed E-state index contributed by atoms with van der Waals surface area (Å²) in [4.78, 5) is 38.7. The van der Waals surface area contributed by atoms with E-state index in [0.29, 0.717) is 6.42 Å². The fraction of sp³-hybridized carbons (Fsp3) is 0.571. The Morgan fingerprint density at radius 2 is 1.82 bits per heavy atom. The van der Waals surface area contributed by atoms with Crippen LogP contribution in [-0.4, -0.2) is 45.7 Å². The first-order valence-electron chi connectivity index (χ1n) is 9.57. The van der Waals surface area contributed by atoms with Gasteiger partial charge in [0.1, 0.15) is 17.7 Å². The number of alkyl carbamates (subject to hydrolysis) is 1. The van der Waals surface area contributed by atoms with E-state index in [9.17, 15) is 19.5 Å². The number of nitrogens with zero attached hydrogens (tertiary/aromatic N) is 1. The van der Waals surface area contributed by atoms with Crippen LogP contribution in [0.3, 0.4) is 0 Å². The number of fused-ring (bicyclic) bond motifs is 1. The Labute approximate surface area is 166 Å². The van der Waals surface area contributed by atoms with Crippen molar-refractivity contribution in [1.29, 1.82) is 0 Å². The summed E-state index contributed by atoms with van der Waals surface area (Å²) in [5, 5.41) is 12.3. The van der Waals surface area contributed by atoms with Crippen molar-refractivity contribution in [1.82, 2.24) is 10.2 Å². The van der Waals surface area contributed by atoms with Gasteiger partial charge >= 0.3 is 12.1 Å². The van der Waals surface area contributed by atoms with E-state index in [1.165, 1.54) is 4.90 Å². The minimum Gasteiger partial charge on any atom is -0.480 e. The van der Waals surface area contributed by atoms with Crippen molar-refractivity contribution < 1.29 is 24.2 Å². The van der Waals surface area contributed by atoms with Crippen molar-refractivity contribution in [3.63, 3.8) is 0 Å². The van der Waals surface area contributed by atoms with Gasteiger partial charge in [0.2, 0.25) is 5.91 Å². The first kappa shape index (κ1) is 21.7. The molecule has 2 amide bonds. The Balaban J connectivity index is 2.25. The van der Waals surface area contributed by atoms with Crippen LogP contribution >= 0.6 is 0 Å². The van der Waals surface area contributed by atoms with Crippen molar-refractivity contribution in [3.8, 4) is 0 Å². The Morgan fingerprint density at radius 3 is 2.36 bits per heavy atom. The molecule has 154 valence electrons. The van der Waals surface area contributed by atoms with Gasteiger partial charge in [0.25, 0.3) is 0 Å². The fourth-order valence-corrected chi connectivity index (χ4v) is 3.32. The number of carboxylic acids is 1. The number of aliphatic carboxylic acids is 1. The van der Waals surface area contributed by atoms with Gasteiger partial charge in [-0.05, 0) is 44.2 Å². The van der Waals surface area contributed by atoms with Crippen molar-refractivity contribution in [2.75, 3.05) is 0 Å². The van der Waals surface area contributed by atoms with E-state index in [1.54, 1.807) is 20.8 Å². The maximum atomic E-state index is 13.3. The highest BCUT2D eigenvalue weighted by molar-refractivity contribution is 5.90. The van der Waals surface area contributed by atoms with E-state index in [0.717, 1.165) is 11.1 Å². The Hall–Kier alpha value is -2.57. The molecule has 1 aliphatic rings. The Morgan fingerprint density at radius 1 is 1.21 bits per heavy atom. The molecule has 7 heteroatoms. The van der Waals surface area contributed by atoms with E-state index in [4.69, 9.17) is 4.74 Å². The normalized spacial score (nSPS) is 17.6. The zero-order chi connectivity index (χ0) is 21.1. The molecule has 1 aliphatic heterocycles. The lowest BCUT2D eigenvalue weighted by Gasteiger charge is -2.37. The Kier molecular flexibility index (Phi) is 6.69. The van der Waals surface area contributed by atoms with Gasteiger partial charge in [0, 0.05) is 13.0 Å². The number of benzene rings is 1. The lowest BCUT2D eigenvalue weighted by atomic mass is 9.92. The molecule has 2 N–H and O–H groups in total. The number of carbonyl (C=O) groups excluding carboxylic acids is 2. The molecule has 0 bridgehead atoms. The molecule has 0 unspecified atom stereocenters. The van der Waals surface area contributed by atoms with Crippen molar-refractivity contribution in [2.45, 2.75) is 71.7 Å². The van der Waals surface area contributed by atoms with E-state index in [2.05, 4.69) is 5.32 Å². The lowest BCUT2D eigenvalue weighted by Crippen LogP contribution is -2.56. The number of hydrogen-bond donors (Lipinski definition) is 2. The van der Waals surface area contributed by atoms with Crippen LogP contribution in [-0.2, 0) is 27.3 Å². The zero-order valence-corrected chi connectivity index (χ0v) is 17.2. The van der Waals surface area contributed by atoms with Gasteiger partial charge in [-0.3, -0.25) is 4.79 Å². The third kappa shape index (κ3) is 5.71. The van der Waals surface area contributed by atoms with Gasteiger partial charge < -0.3 is 20.1 Å². The van der Waals surface area contributed by atoms with Crippen LogP contribution in [0.4, 0.5) is 4.79 Å². The van der Waals surface area contributed by atoms with Gasteiger partial charge in [0.15, 0.2) is 0 Å². The number of carboxylic acid groups (broad SMARTS) is 1. The summed E-state index contributed by atoms with van der Waals surface area (Å²) >= 11 is 0. The van der Waals surface area contributed by atoms with Crippen LogP contribution in [0.15, 0.2) is 24.3 Å². The second kappa shape index (κ2) is 8.63. The average Bonchev–Trinajstić information content (AvgIpc) is 2.57. The Bertz CT molecular complexity index is 739. The number of ether oxygens (including phenoxy) is 1.